The van der Waals surface area contributed by atoms with Gasteiger partial charge in [0.25, 0.3) is 0 Å². The lowest BCUT2D eigenvalue weighted by molar-refractivity contribution is -0.116. The van der Waals surface area contributed by atoms with E-state index in [0.717, 1.165) is 36.1 Å². The summed E-state index contributed by atoms with van der Waals surface area (Å²) in [7, 11) is 0. The number of aryl methyl sites for hydroxylation is 2. The molecule has 0 atom stereocenters. The number of anilines is 3. The van der Waals surface area contributed by atoms with Crippen LogP contribution in [0.15, 0.2) is 42.5 Å². The van der Waals surface area contributed by atoms with Gasteiger partial charge in [0, 0.05) is 23.5 Å². The van der Waals surface area contributed by atoms with Gasteiger partial charge in [0.2, 0.25) is 11.8 Å². The minimum absolute atomic E-state index is 0.00326. The Bertz CT molecular complexity index is 787. The van der Waals surface area contributed by atoms with Crippen molar-refractivity contribution in [1.29, 1.82) is 0 Å². The molecule has 0 saturated carbocycles. The highest BCUT2D eigenvalue weighted by molar-refractivity contribution is 5.95. The molecule has 2 rings (SSSR count). The van der Waals surface area contributed by atoms with E-state index in [2.05, 4.69) is 22.9 Å². The topological polar surface area (TPSA) is 70.2 Å². The molecule has 0 aromatic heterocycles. The van der Waals surface area contributed by atoms with Gasteiger partial charge in [0.1, 0.15) is 0 Å². The summed E-state index contributed by atoms with van der Waals surface area (Å²) in [6.07, 6.45) is 3.55. The van der Waals surface area contributed by atoms with Crippen LogP contribution in [0.4, 0.5) is 17.1 Å². The first kappa shape index (κ1) is 20.5. The molecule has 0 fully saturated rings. The molecule has 2 aromatic carbocycles. The lowest BCUT2D eigenvalue weighted by atomic mass is 10.1. The molecule has 0 spiro atoms. The molecule has 2 aromatic rings. The molecule has 5 nitrogen and oxygen atoms in total. The van der Waals surface area contributed by atoms with Crippen molar-refractivity contribution < 1.29 is 9.59 Å². The van der Waals surface area contributed by atoms with Crippen LogP contribution in [-0.2, 0) is 9.59 Å². The van der Waals surface area contributed by atoms with Crippen LogP contribution in [0.5, 0.6) is 0 Å². The SMILES string of the molecule is CCCCCC(=O)Nc1cccc(NC(=O)CNc2cc(C)ccc2C)c1. The fraction of sp³-hybridized carbons (Fsp3) is 0.364. The Morgan fingerprint density at radius 3 is 2.30 bits per heavy atom. The Morgan fingerprint density at radius 2 is 1.59 bits per heavy atom. The van der Waals surface area contributed by atoms with Gasteiger partial charge in [0.15, 0.2) is 0 Å². The lowest BCUT2D eigenvalue weighted by Gasteiger charge is -2.12. The molecule has 0 radical (unpaired) electrons. The number of hydrogen-bond donors (Lipinski definition) is 3. The predicted molar refractivity (Wildman–Crippen MR) is 112 cm³/mol. The van der Waals surface area contributed by atoms with Crippen LogP contribution >= 0.6 is 0 Å². The van der Waals surface area contributed by atoms with Crippen molar-refractivity contribution in [3.05, 3.63) is 53.6 Å². The second-order valence-corrected chi connectivity index (χ2v) is 6.81. The standard InChI is InChI=1S/C22H29N3O2/c1-4-5-6-10-21(26)24-18-8-7-9-19(14-18)25-22(27)15-23-20-13-16(2)11-12-17(20)3/h7-9,11-14,23H,4-6,10,15H2,1-3H3,(H,24,26)(H,25,27). The highest BCUT2D eigenvalue weighted by Gasteiger charge is 2.06. The van der Waals surface area contributed by atoms with Crippen molar-refractivity contribution in [1.82, 2.24) is 0 Å². The molecule has 27 heavy (non-hydrogen) atoms. The molecule has 144 valence electrons. The van der Waals surface area contributed by atoms with E-state index in [0.29, 0.717) is 17.8 Å². The first-order valence-electron chi connectivity index (χ1n) is 9.49. The molecule has 0 aliphatic heterocycles. The summed E-state index contributed by atoms with van der Waals surface area (Å²) < 4.78 is 0. The van der Waals surface area contributed by atoms with Gasteiger partial charge in [-0.25, -0.2) is 0 Å². The summed E-state index contributed by atoms with van der Waals surface area (Å²) in [5.74, 6) is -0.133. The largest absolute Gasteiger partial charge is 0.376 e. The van der Waals surface area contributed by atoms with Gasteiger partial charge in [-0.1, -0.05) is 38.0 Å². The van der Waals surface area contributed by atoms with E-state index in [9.17, 15) is 9.59 Å². The molecule has 2 amide bonds. The zero-order chi connectivity index (χ0) is 19.6. The first-order chi connectivity index (χ1) is 13.0. The summed E-state index contributed by atoms with van der Waals surface area (Å²) in [5, 5.41) is 8.91. The first-order valence-corrected chi connectivity index (χ1v) is 9.49. The molecule has 3 N–H and O–H groups in total. The maximum absolute atomic E-state index is 12.2. The van der Waals surface area contributed by atoms with E-state index < -0.39 is 0 Å². The number of unbranched alkanes of at least 4 members (excludes halogenated alkanes) is 2. The van der Waals surface area contributed by atoms with Crippen LogP contribution in [0.3, 0.4) is 0 Å². The zero-order valence-electron chi connectivity index (χ0n) is 16.4. The molecular weight excluding hydrogens is 338 g/mol. The third-order valence-corrected chi connectivity index (χ3v) is 4.27. The molecular formula is C22H29N3O2. The van der Waals surface area contributed by atoms with Crippen molar-refractivity contribution in [3.8, 4) is 0 Å². The normalized spacial score (nSPS) is 10.3. The van der Waals surface area contributed by atoms with Crippen LogP contribution in [0.1, 0.15) is 43.7 Å². The Labute approximate surface area is 161 Å². The molecule has 0 bridgehead atoms. The highest BCUT2D eigenvalue weighted by Crippen LogP contribution is 2.17. The average Bonchev–Trinajstić information content (AvgIpc) is 2.63. The molecule has 5 heteroatoms. The van der Waals surface area contributed by atoms with E-state index in [1.165, 1.54) is 0 Å². The van der Waals surface area contributed by atoms with Crippen LogP contribution < -0.4 is 16.0 Å². The van der Waals surface area contributed by atoms with E-state index in [4.69, 9.17) is 0 Å². The Hall–Kier alpha value is -2.82. The third-order valence-electron chi connectivity index (χ3n) is 4.27. The minimum Gasteiger partial charge on any atom is -0.376 e. The Morgan fingerprint density at radius 1 is 0.889 bits per heavy atom. The second-order valence-electron chi connectivity index (χ2n) is 6.81. The Balaban J connectivity index is 1.86. The number of carbonyl (C=O) groups is 2. The number of nitrogens with one attached hydrogen (secondary N) is 3. The molecule has 0 saturated heterocycles. The summed E-state index contributed by atoms with van der Waals surface area (Å²) >= 11 is 0. The zero-order valence-corrected chi connectivity index (χ0v) is 16.4. The molecule has 0 aliphatic rings. The third kappa shape index (κ3) is 7.13. The summed E-state index contributed by atoms with van der Waals surface area (Å²) in [5.41, 5.74) is 4.55. The van der Waals surface area contributed by atoms with Crippen molar-refractivity contribution in [2.24, 2.45) is 0 Å². The molecule has 0 heterocycles. The highest BCUT2D eigenvalue weighted by atomic mass is 16.2. The summed E-state index contributed by atoms with van der Waals surface area (Å²) in [6, 6.07) is 13.3. The van der Waals surface area contributed by atoms with Gasteiger partial charge < -0.3 is 16.0 Å². The summed E-state index contributed by atoms with van der Waals surface area (Å²) in [6.45, 7) is 6.32. The molecule has 0 unspecified atom stereocenters. The number of rotatable bonds is 9. The van der Waals surface area contributed by atoms with E-state index >= 15 is 0 Å². The van der Waals surface area contributed by atoms with Crippen molar-refractivity contribution in [2.45, 2.75) is 46.5 Å². The van der Waals surface area contributed by atoms with E-state index in [1.54, 1.807) is 6.07 Å². The fourth-order valence-electron chi connectivity index (χ4n) is 2.74. The average molecular weight is 367 g/mol. The summed E-state index contributed by atoms with van der Waals surface area (Å²) in [4.78, 5) is 24.2. The fourth-order valence-corrected chi connectivity index (χ4v) is 2.74. The van der Waals surface area contributed by atoms with Crippen molar-refractivity contribution >= 4 is 28.9 Å². The predicted octanol–water partition coefficient (Wildman–Crippen LogP) is 4.87. The maximum Gasteiger partial charge on any atom is 0.243 e. The van der Waals surface area contributed by atoms with Crippen LogP contribution in [-0.4, -0.2) is 18.4 Å². The van der Waals surface area contributed by atoms with Gasteiger partial charge >= 0.3 is 0 Å². The van der Waals surface area contributed by atoms with Crippen LogP contribution in [0.2, 0.25) is 0 Å². The number of benzene rings is 2. The molecule has 0 aliphatic carbocycles. The Kier molecular flexibility index (Phi) is 7.86. The van der Waals surface area contributed by atoms with Gasteiger partial charge in [0.05, 0.1) is 6.54 Å². The minimum atomic E-state index is -0.137. The monoisotopic (exact) mass is 367 g/mol. The van der Waals surface area contributed by atoms with E-state index in [1.807, 2.05) is 50.2 Å². The van der Waals surface area contributed by atoms with Crippen LogP contribution in [0.25, 0.3) is 0 Å². The number of carbonyl (C=O) groups excluding carboxylic acids is 2. The quantitative estimate of drug-likeness (QED) is 0.554. The van der Waals surface area contributed by atoms with Crippen LogP contribution in [0, 0.1) is 13.8 Å². The smallest absolute Gasteiger partial charge is 0.243 e. The van der Waals surface area contributed by atoms with Gasteiger partial charge in [-0.05, 0) is 55.7 Å². The lowest BCUT2D eigenvalue weighted by Crippen LogP contribution is -2.22. The number of amides is 2. The number of hydrogen-bond acceptors (Lipinski definition) is 3. The van der Waals surface area contributed by atoms with Gasteiger partial charge in [-0.3, -0.25) is 9.59 Å². The second kappa shape index (κ2) is 10.4. The van der Waals surface area contributed by atoms with Crippen molar-refractivity contribution in [3.63, 3.8) is 0 Å². The van der Waals surface area contributed by atoms with Gasteiger partial charge in [-0.15, -0.1) is 0 Å². The van der Waals surface area contributed by atoms with Gasteiger partial charge in [-0.2, -0.15) is 0 Å². The maximum atomic E-state index is 12.2. The van der Waals surface area contributed by atoms with Crippen molar-refractivity contribution in [2.75, 3.05) is 22.5 Å². The van der Waals surface area contributed by atoms with E-state index in [-0.39, 0.29) is 18.4 Å².